The smallest absolute Gasteiger partial charge is 0.342 e. The second kappa shape index (κ2) is 8.21. The number of benzene rings is 3. The molecule has 0 spiro atoms. The van der Waals surface area contributed by atoms with Gasteiger partial charge in [-0.1, -0.05) is 54.6 Å². The average Bonchev–Trinajstić information content (AvgIpc) is 2.72. The van der Waals surface area contributed by atoms with Crippen molar-refractivity contribution in [1.29, 1.82) is 0 Å². The first-order valence-electron chi connectivity index (χ1n) is 8.25. The topological polar surface area (TPSA) is 44.8 Å². The zero-order valence-corrected chi connectivity index (χ0v) is 14.8. The van der Waals surface area contributed by atoms with E-state index in [-0.39, 0.29) is 6.61 Å². The number of esters is 1. The lowest BCUT2D eigenvalue weighted by Crippen LogP contribution is -2.07. The Labute approximate surface area is 153 Å². The van der Waals surface area contributed by atoms with Gasteiger partial charge in [0.25, 0.3) is 0 Å². The van der Waals surface area contributed by atoms with Crippen molar-refractivity contribution in [2.75, 3.05) is 14.2 Å². The van der Waals surface area contributed by atoms with Crippen LogP contribution in [-0.4, -0.2) is 20.2 Å². The Bertz CT molecular complexity index is 870. The fourth-order valence-corrected chi connectivity index (χ4v) is 2.62. The van der Waals surface area contributed by atoms with Gasteiger partial charge in [0, 0.05) is 0 Å². The van der Waals surface area contributed by atoms with Crippen LogP contribution in [0, 0.1) is 0 Å². The minimum atomic E-state index is -0.451. The normalized spacial score (nSPS) is 10.2. The number of hydrogen-bond acceptors (Lipinski definition) is 4. The summed E-state index contributed by atoms with van der Waals surface area (Å²) >= 11 is 0. The standard InChI is InChI=1S/C22H20O4/c1-24-19-12-13-21(25-2)20(14-19)22(23)26-15-16-8-10-18(11-9-16)17-6-4-3-5-7-17/h3-14H,15H2,1-2H3. The summed E-state index contributed by atoms with van der Waals surface area (Å²) in [5.74, 6) is 0.577. The Morgan fingerprint density at radius 1 is 0.808 bits per heavy atom. The van der Waals surface area contributed by atoms with Crippen molar-refractivity contribution in [3.63, 3.8) is 0 Å². The Morgan fingerprint density at radius 2 is 1.50 bits per heavy atom. The summed E-state index contributed by atoms with van der Waals surface area (Å²) < 4.78 is 15.8. The number of ether oxygens (including phenoxy) is 3. The molecule has 0 aliphatic carbocycles. The van der Waals surface area contributed by atoms with E-state index in [0.717, 1.165) is 16.7 Å². The van der Waals surface area contributed by atoms with Gasteiger partial charge in [-0.2, -0.15) is 0 Å². The highest BCUT2D eigenvalue weighted by molar-refractivity contribution is 5.93. The lowest BCUT2D eigenvalue weighted by atomic mass is 10.0. The molecule has 0 unspecified atom stereocenters. The maximum absolute atomic E-state index is 12.4. The summed E-state index contributed by atoms with van der Waals surface area (Å²) in [6.07, 6.45) is 0. The summed E-state index contributed by atoms with van der Waals surface area (Å²) in [5, 5.41) is 0. The van der Waals surface area contributed by atoms with Gasteiger partial charge in [0.1, 0.15) is 23.7 Å². The van der Waals surface area contributed by atoms with Crippen molar-refractivity contribution < 1.29 is 19.0 Å². The van der Waals surface area contributed by atoms with E-state index in [1.54, 1.807) is 25.3 Å². The summed E-state index contributed by atoms with van der Waals surface area (Å²) in [5.41, 5.74) is 3.53. The molecule has 4 nitrogen and oxygen atoms in total. The molecule has 3 aromatic carbocycles. The fourth-order valence-electron chi connectivity index (χ4n) is 2.62. The third-order valence-corrected chi connectivity index (χ3v) is 4.06. The molecule has 0 N–H and O–H groups in total. The van der Waals surface area contributed by atoms with Crippen LogP contribution >= 0.6 is 0 Å². The van der Waals surface area contributed by atoms with E-state index in [2.05, 4.69) is 12.1 Å². The number of carbonyl (C=O) groups is 1. The zero-order valence-electron chi connectivity index (χ0n) is 14.8. The molecule has 0 saturated heterocycles. The molecule has 4 heteroatoms. The SMILES string of the molecule is COc1ccc(OC)c(C(=O)OCc2ccc(-c3ccccc3)cc2)c1. The van der Waals surface area contributed by atoms with Crippen molar-refractivity contribution in [1.82, 2.24) is 0 Å². The molecule has 0 fully saturated rings. The monoisotopic (exact) mass is 348 g/mol. The molecule has 0 atom stereocenters. The van der Waals surface area contributed by atoms with Crippen molar-refractivity contribution >= 4 is 5.97 Å². The first-order valence-corrected chi connectivity index (χ1v) is 8.25. The van der Waals surface area contributed by atoms with Crippen LogP contribution in [0.25, 0.3) is 11.1 Å². The number of methoxy groups -OCH3 is 2. The van der Waals surface area contributed by atoms with Crippen LogP contribution in [0.5, 0.6) is 11.5 Å². The van der Waals surface area contributed by atoms with E-state index >= 15 is 0 Å². The molecule has 0 radical (unpaired) electrons. The van der Waals surface area contributed by atoms with Crippen molar-refractivity contribution in [2.45, 2.75) is 6.61 Å². The van der Waals surface area contributed by atoms with Crippen LogP contribution < -0.4 is 9.47 Å². The zero-order chi connectivity index (χ0) is 18.4. The molecular weight excluding hydrogens is 328 g/mol. The predicted molar refractivity (Wildman–Crippen MR) is 101 cm³/mol. The van der Waals surface area contributed by atoms with Gasteiger partial charge in [0.15, 0.2) is 0 Å². The average molecular weight is 348 g/mol. The van der Waals surface area contributed by atoms with Crippen LogP contribution in [-0.2, 0) is 11.3 Å². The summed E-state index contributed by atoms with van der Waals surface area (Å²) in [4.78, 5) is 12.4. The Hall–Kier alpha value is -3.27. The van der Waals surface area contributed by atoms with Crippen molar-refractivity contribution in [2.24, 2.45) is 0 Å². The highest BCUT2D eigenvalue weighted by atomic mass is 16.5. The van der Waals surface area contributed by atoms with Crippen molar-refractivity contribution in [3.05, 3.63) is 83.9 Å². The second-order valence-corrected chi connectivity index (χ2v) is 5.71. The number of hydrogen-bond donors (Lipinski definition) is 0. The molecule has 0 heterocycles. The van der Waals surface area contributed by atoms with Crippen LogP contribution in [0.4, 0.5) is 0 Å². The first kappa shape index (κ1) is 17.5. The summed E-state index contributed by atoms with van der Waals surface area (Å²) in [7, 11) is 3.06. The summed E-state index contributed by atoms with van der Waals surface area (Å²) in [6, 6.07) is 23.1. The van der Waals surface area contributed by atoms with Crippen LogP contribution in [0.2, 0.25) is 0 Å². The predicted octanol–water partition coefficient (Wildman–Crippen LogP) is 4.73. The van der Waals surface area contributed by atoms with Gasteiger partial charge in [-0.3, -0.25) is 0 Å². The minimum absolute atomic E-state index is 0.189. The van der Waals surface area contributed by atoms with Gasteiger partial charge in [-0.25, -0.2) is 4.79 Å². The minimum Gasteiger partial charge on any atom is -0.497 e. The molecule has 132 valence electrons. The van der Waals surface area contributed by atoms with Crippen LogP contribution in [0.1, 0.15) is 15.9 Å². The van der Waals surface area contributed by atoms with E-state index in [0.29, 0.717) is 17.1 Å². The first-order chi connectivity index (χ1) is 12.7. The van der Waals surface area contributed by atoms with Gasteiger partial charge in [-0.15, -0.1) is 0 Å². The quantitative estimate of drug-likeness (QED) is 0.604. The van der Waals surface area contributed by atoms with Gasteiger partial charge >= 0.3 is 5.97 Å². The Balaban J connectivity index is 1.68. The van der Waals surface area contributed by atoms with E-state index in [1.807, 2.05) is 42.5 Å². The van der Waals surface area contributed by atoms with Crippen LogP contribution in [0.15, 0.2) is 72.8 Å². The number of rotatable bonds is 6. The molecule has 0 amide bonds. The molecule has 26 heavy (non-hydrogen) atoms. The van der Waals surface area contributed by atoms with E-state index in [1.165, 1.54) is 7.11 Å². The van der Waals surface area contributed by atoms with Crippen LogP contribution in [0.3, 0.4) is 0 Å². The van der Waals surface area contributed by atoms with E-state index in [4.69, 9.17) is 14.2 Å². The maximum Gasteiger partial charge on any atom is 0.342 e. The molecule has 0 saturated carbocycles. The number of carbonyl (C=O) groups excluding carboxylic acids is 1. The highest BCUT2D eigenvalue weighted by Crippen LogP contribution is 2.25. The van der Waals surface area contributed by atoms with Gasteiger partial charge in [-0.05, 0) is 34.9 Å². The van der Waals surface area contributed by atoms with E-state index in [9.17, 15) is 4.79 Å². The molecular formula is C22H20O4. The molecule has 0 aliphatic rings. The summed E-state index contributed by atoms with van der Waals surface area (Å²) in [6.45, 7) is 0.189. The van der Waals surface area contributed by atoms with Crippen molar-refractivity contribution in [3.8, 4) is 22.6 Å². The highest BCUT2D eigenvalue weighted by Gasteiger charge is 2.15. The fraction of sp³-hybridized carbons (Fsp3) is 0.136. The third kappa shape index (κ3) is 4.03. The molecule has 0 aromatic heterocycles. The largest absolute Gasteiger partial charge is 0.497 e. The molecule has 0 aliphatic heterocycles. The lowest BCUT2D eigenvalue weighted by molar-refractivity contribution is 0.0468. The van der Waals surface area contributed by atoms with Gasteiger partial charge in [0.05, 0.1) is 14.2 Å². The maximum atomic E-state index is 12.4. The molecule has 3 aromatic rings. The molecule has 3 rings (SSSR count). The third-order valence-electron chi connectivity index (χ3n) is 4.06. The lowest BCUT2D eigenvalue weighted by Gasteiger charge is -2.11. The Morgan fingerprint density at radius 3 is 2.15 bits per heavy atom. The van der Waals surface area contributed by atoms with Gasteiger partial charge < -0.3 is 14.2 Å². The second-order valence-electron chi connectivity index (χ2n) is 5.71. The van der Waals surface area contributed by atoms with Gasteiger partial charge in [0.2, 0.25) is 0 Å². The Kier molecular flexibility index (Phi) is 5.54. The molecule has 0 bridgehead atoms. The van der Waals surface area contributed by atoms with E-state index < -0.39 is 5.97 Å².